The van der Waals surface area contributed by atoms with E-state index in [-0.39, 0.29) is 6.79 Å². The molecule has 2 atom stereocenters. The zero-order chi connectivity index (χ0) is 12.5. The van der Waals surface area contributed by atoms with E-state index in [1.54, 1.807) is 0 Å². The number of ether oxygens (including phenoxy) is 2. The van der Waals surface area contributed by atoms with Gasteiger partial charge < -0.3 is 14.8 Å². The monoisotopic (exact) mass is 267 g/mol. The molecule has 1 aliphatic carbocycles. The molecule has 1 heterocycles. The Balaban J connectivity index is 1.59. The summed E-state index contributed by atoms with van der Waals surface area (Å²) in [6.45, 7) is 3.36. The average molecular weight is 268 g/mol. The van der Waals surface area contributed by atoms with Gasteiger partial charge in [-0.15, -0.1) is 0 Å². The van der Waals surface area contributed by atoms with Gasteiger partial charge in [0.25, 0.3) is 0 Å². The number of hydrogen-bond acceptors (Lipinski definition) is 3. The van der Waals surface area contributed by atoms with Gasteiger partial charge in [0.15, 0.2) is 11.5 Å². The highest BCUT2D eigenvalue weighted by Crippen LogP contribution is 2.40. The summed E-state index contributed by atoms with van der Waals surface area (Å²) < 4.78 is 10.7. The number of halogens is 1. The van der Waals surface area contributed by atoms with E-state index in [2.05, 4.69) is 12.2 Å². The third kappa shape index (κ3) is 2.43. The maximum atomic E-state index is 6.15. The molecular formula is C14H18ClNO2. The molecule has 0 radical (unpaired) electrons. The van der Waals surface area contributed by atoms with Crippen LogP contribution in [0.1, 0.15) is 31.7 Å². The second-order valence-electron chi connectivity index (χ2n) is 5.08. The normalized spacial score (nSPS) is 24.3. The zero-order valence-corrected chi connectivity index (χ0v) is 11.3. The van der Waals surface area contributed by atoms with Crippen LogP contribution in [0.2, 0.25) is 5.02 Å². The van der Waals surface area contributed by atoms with Crippen LogP contribution in [0.15, 0.2) is 12.1 Å². The molecule has 98 valence electrons. The molecule has 2 unspecified atom stereocenters. The van der Waals surface area contributed by atoms with Crippen LogP contribution in [0.25, 0.3) is 0 Å². The van der Waals surface area contributed by atoms with Gasteiger partial charge in [-0.2, -0.15) is 0 Å². The second-order valence-corrected chi connectivity index (χ2v) is 5.49. The van der Waals surface area contributed by atoms with E-state index in [0.717, 1.165) is 23.8 Å². The zero-order valence-electron chi connectivity index (χ0n) is 10.5. The van der Waals surface area contributed by atoms with Gasteiger partial charge in [-0.3, -0.25) is 0 Å². The van der Waals surface area contributed by atoms with Crippen molar-refractivity contribution in [3.8, 4) is 11.5 Å². The Hall–Kier alpha value is -0.930. The highest BCUT2D eigenvalue weighted by atomic mass is 35.5. The van der Waals surface area contributed by atoms with Gasteiger partial charge in [0, 0.05) is 12.6 Å². The van der Waals surface area contributed by atoms with Gasteiger partial charge in [-0.1, -0.05) is 24.9 Å². The summed E-state index contributed by atoms with van der Waals surface area (Å²) in [5.41, 5.74) is 1.16. The Bertz CT molecular complexity index is 450. The second kappa shape index (κ2) is 4.98. The van der Waals surface area contributed by atoms with E-state index >= 15 is 0 Å². The predicted molar refractivity (Wildman–Crippen MR) is 71.2 cm³/mol. The van der Waals surface area contributed by atoms with Gasteiger partial charge in [0.2, 0.25) is 6.79 Å². The molecule has 3 rings (SSSR count). The lowest BCUT2D eigenvalue weighted by molar-refractivity contribution is 0.174. The quantitative estimate of drug-likeness (QED) is 0.888. The lowest BCUT2D eigenvalue weighted by Crippen LogP contribution is -2.17. The standard InChI is InChI=1S/C14H18ClNO2/c1-2-3-10-6-12(10)16-7-9-4-11(15)14-13(5-9)17-8-18-14/h4-5,10,12,16H,2-3,6-8H2,1H3. The average Bonchev–Trinajstić information content (AvgIpc) is 2.90. The molecule has 0 bridgehead atoms. The Morgan fingerprint density at radius 2 is 2.28 bits per heavy atom. The Morgan fingerprint density at radius 3 is 3.11 bits per heavy atom. The summed E-state index contributed by atoms with van der Waals surface area (Å²) in [5.74, 6) is 2.32. The van der Waals surface area contributed by atoms with Crippen molar-refractivity contribution >= 4 is 11.6 Å². The minimum atomic E-state index is 0.271. The number of hydrogen-bond donors (Lipinski definition) is 1. The fourth-order valence-corrected chi connectivity index (χ4v) is 2.85. The maximum absolute atomic E-state index is 6.15. The smallest absolute Gasteiger partial charge is 0.231 e. The van der Waals surface area contributed by atoms with Crippen LogP contribution < -0.4 is 14.8 Å². The molecular weight excluding hydrogens is 250 g/mol. The summed E-state index contributed by atoms with van der Waals surface area (Å²) in [7, 11) is 0. The van der Waals surface area contributed by atoms with Crippen molar-refractivity contribution in [2.24, 2.45) is 5.92 Å². The van der Waals surface area contributed by atoms with Gasteiger partial charge in [0.05, 0.1) is 5.02 Å². The van der Waals surface area contributed by atoms with Crippen molar-refractivity contribution in [1.82, 2.24) is 5.32 Å². The molecule has 0 spiro atoms. The number of nitrogens with one attached hydrogen (secondary N) is 1. The molecule has 2 aliphatic rings. The van der Waals surface area contributed by atoms with Crippen molar-refractivity contribution in [2.75, 3.05) is 6.79 Å². The SMILES string of the molecule is CCCC1CC1NCc1cc(Cl)c2c(c1)OCO2. The van der Waals surface area contributed by atoms with Crippen molar-refractivity contribution < 1.29 is 9.47 Å². The maximum Gasteiger partial charge on any atom is 0.231 e. The number of benzene rings is 1. The number of fused-ring (bicyclic) bond motifs is 1. The molecule has 1 aliphatic heterocycles. The van der Waals surface area contributed by atoms with Crippen LogP contribution in [0.3, 0.4) is 0 Å². The molecule has 0 aromatic heterocycles. The summed E-state index contributed by atoms with van der Waals surface area (Å²) >= 11 is 6.15. The van der Waals surface area contributed by atoms with Crippen molar-refractivity contribution in [3.05, 3.63) is 22.7 Å². The Morgan fingerprint density at radius 1 is 1.39 bits per heavy atom. The first-order chi connectivity index (χ1) is 8.78. The Kier molecular flexibility index (Phi) is 3.35. The summed E-state index contributed by atoms with van der Waals surface area (Å²) in [4.78, 5) is 0. The fraction of sp³-hybridized carbons (Fsp3) is 0.571. The van der Waals surface area contributed by atoms with E-state index in [4.69, 9.17) is 21.1 Å². The first-order valence-corrected chi connectivity index (χ1v) is 6.97. The van der Waals surface area contributed by atoms with E-state index in [1.165, 1.54) is 19.3 Å². The van der Waals surface area contributed by atoms with Crippen LogP contribution in [-0.4, -0.2) is 12.8 Å². The first kappa shape index (κ1) is 12.1. The van der Waals surface area contributed by atoms with Crippen LogP contribution in [-0.2, 0) is 6.54 Å². The van der Waals surface area contributed by atoms with Gasteiger partial charge in [0.1, 0.15) is 0 Å². The third-order valence-corrected chi connectivity index (χ3v) is 3.92. The van der Waals surface area contributed by atoms with Crippen molar-refractivity contribution in [3.63, 3.8) is 0 Å². The highest BCUT2D eigenvalue weighted by molar-refractivity contribution is 6.32. The lowest BCUT2D eigenvalue weighted by Gasteiger charge is -2.07. The van der Waals surface area contributed by atoms with E-state index < -0.39 is 0 Å². The molecule has 0 amide bonds. The van der Waals surface area contributed by atoms with E-state index in [1.807, 2.05) is 12.1 Å². The topological polar surface area (TPSA) is 30.5 Å². The van der Waals surface area contributed by atoms with Crippen molar-refractivity contribution in [1.29, 1.82) is 0 Å². The Labute approximate surface area is 112 Å². The van der Waals surface area contributed by atoms with Gasteiger partial charge in [-0.05, 0) is 36.5 Å². The van der Waals surface area contributed by atoms with E-state index in [0.29, 0.717) is 16.8 Å². The largest absolute Gasteiger partial charge is 0.454 e. The van der Waals surface area contributed by atoms with Crippen LogP contribution in [0.4, 0.5) is 0 Å². The molecule has 4 heteroatoms. The number of rotatable bonds is 5. The minimum absolute atomic E-state index is 0.271. The predicted octanol–water partition coefficient (Wildman–Crippen LogP) is 3.35. The first-order valence-electron chi connectivity index (χ1n) is 6.59. The van der Waals surface area contributed by atoms with Crippen LogP contribution in [0.5, 0.6) is 11.5 Å². The molecule has 3 nitrogen and oxygen atoms in total. The van der Waals surface area contributed by atoms with E-state index in [9.17, 15) is 0 Å². The van der Waals surface area contributed by atoms with Crippen LogP contribution in [0, 0.1) is 5.92 Å². The molecule has 1 aromatic rings. The molecule has 0 saturated heterocycles. The highest BCUT2D eigenvalue weighted by Gasteiger charge is 2.35. The fourth-order valence-electron chi connectivity index (χ4n) is 2.56. The summed E-state index contributed by atoms with van der Waals surface area (Å²) in [6.07, 6.45) is 3.92. The minimum Gasteiger partial charge on any atom is -0.454 e. The van der Waals surface area contributed by atoms with Gasteiger partial charge >= 0.3 is 0 Å². The van der Waals surface area contributed by atoms with Gasteiger partial charge in [-0.25, -0.2) is 0 Å². The lowest BCUT2D eigenvalue weighted by atomic mass is 10.2. The van der Waals surface area contributed by atoms with Crippen LogP contribution >= 0.6 is 11.6 Å². The van der Waals surface area contributed by atoms with Crippen molar-refractivity contribution in [2.45, 2.75) is 38.8 Å². The molecule has 18 heavy (non-hydrogen) atoms. The summed E-state index contributed by atoms with van der Waals surface area (Å²) in [6, 6.07) is 4.66. The molecule has 1 fully saturated rings. The molecule has 1 N–H and O–H groups in total. The molecule has 1 aromatic carbocycles. The third-order valence-electron chi connectivity index (χ3n) is 3.64. The summed E-state index contributed by atoms with van der Waals surface area (Å²) in [5, 5.41) is 4.21. The molecule has 1 saturated carbocycles.